The predicted molar refractivity (Wildman–Crippen MR) is 59.9 cm³/mol. The Morgan fingerprint density at radius 2 is 1.94 bits per heavy atom. The summed E-state index contributed by atoms with van der Waals surface area (Å²) in [7, 11) is 0. The smallest absolute Gasteiger partial charge is 0.246 e. The molecule has 2 aliphatic heterocycles. The minimum absolute atomic E-state index is 0.0167. The van der Waals surface area contributed by atoms with Crippen LogP contribution in [0.2, 0.25) is 0 Å². The summed E-state index contributed by atoms with van der Waals surface area (Å²) >= 11 is 0. The van der Waals surface area contributed by atoms with Crippen LogP contribution in [0.15, 0.2) is 0 Å². The van der Waals surface area contributed by atoms with E-state index in [2.05, 4.69) is 17.6 Å². The van der Waals surface area contributed by atoms with E-state index in [4.69, 9.17) is 0 Å². The molecule has 0 aromatic carbocycles. The van der Waals surface area contributed by atoms with Crippen LogP contribution >= 0.6 is 0 Å². The summed E-state index contributed by atoms with van der Waals surface area (Å²) in [6.07, 6.45) is 1.83. The van der Waals surface area contributed by atoms with Crippen LogP contribution in [0, 0.1) is 5.92 Å². The number of nitrogens with one attached hydrogen (secondary N) is 2. The normalized spacial score (nSPS) is 30.1. The summed E-state index contributed by atoms with van der Waals surface area (Å²) in [5.41, 5.74) is 0. The number of carbonyl (C=O) groups excluding carboxylic acids is 3. The zero-order valence-electron chi connectivity index (χ0n) is 9.86. The lowest BCUT2D eigenvalue weighted by molar-refractivity contribution is -0.146. The average Bonchev–Trinajstić information content (AvgIpc) is 2.26. The number of carbonyl (C=O) groups is 3. The molecule has 2 saturated heterocycles. The Balaban J connectivity index is 1.98. The molecule has 2 unspecified atom stereocenters. The average molecular weight is 239 g/mol. The molecule has 2 atom stereocenters. The topological polar surface area (TPSA) is 78.5 Å². The number of amides is 3. The van der Waals surface area contributed by atoms with Crippen molar-refractivity contribution in [3.63, 3.8) is 0 Å². The highest BCUT2D eigenvalue weighted by molar-refractivity contribution is 6.03. The van der Waals surface area contributed by atoms with Gasteiger partial charge in [0.1, 0.15) is 13.1 Å². The SMILES string of the molecule is CC1CCNC(C(=O)N2CC(=O)NC(=O)C2)C1. The predicted octanol–water partition coefficient (Wildman–Crippen LogP) is -1.14. The van der Waals surface area contributed by atoms with Gasteiger partial charge in [-0.2, -0.15) is 0 Å². The van der Waals surface area contributed by atoms with Crippen LogP contribution in [0.25, 0.3) is 0 Å². The number of hydrogen-bond donors (Lipinski definition) is 2. The van der Waals surface area contributed by atoms with Gasteiger partial charge in [-0.25, -0.2) is 0 Å². The second-order valence-electron chi connectivity index (χ2n) is 4.80. The maximum absolute atomic E-state index is 12.1. The second-order valence-corrected chi connectivity index (χ2v) is 4.80. The fraction of sp³-hybridized carbons (Fsp3) is 0.727. The van der Waals surface area contributed by atoms with Crippen molar-refractivity contribution in [1.82, 2.24) is 15.5 Å². The van der Waals surface area contributed by atoms with E-state index in [1.165, 1.54) is 4.90 Å². The highest BCUT2D eigenvalue weighted by Crippen LogP contribution is 2.16. The van der Waals surface area contributed by atoms with Gasteiger partial charge in [-0.3, -0.25) is 19.7 Å². The summed E-state index contributed by atoms with van der Waals surface area (Å²) in [5.74, 6) is -0.448. The molecule has 17 heavy (non-hydrogen) atoms. The molecule has 6 nitrogen and oxygen atoms in total. The van der Waals surface area contributed by atoms with Crippen LogP contribution in [0.1, 0.15) is 19.8 Å². The van der Waals surface area contributed by atoms with Gasteiger partial charge in [0.15, 0.2) is 0 Å². The van der Waals surface area contributed by atoms with Crippen molar-refractivity contribution in [3.8, 4) is 0 Å². The monoisotopic (exact) mass is 239 g/mol. The van der Waals surface area contributed by atoms with E-state index in [-0.39, 0.29) is 25.0 Å². The number of rotatable bonds is 1. The first-order valence-corrected chi connectivity index (χ1v) is 5.91. The molecule has 2 heterocycles. The van der Waals surface area contributed by atoms with E-state index in [9.17, 15) is 14.4 Å². The van der Waals surface area contributed by atoms with Gasteiger partial charge in [0, 0.05) is 0 Å². The van der Waals surface area contributed by atoms with Gasteiger partial charge in [-0.15, -0.1) is 0 Å². The van der Waals surface area contributed by atoms with Gasteiger partial charge in [-0.05, 0) is 25.3 Å². The lowest BCUT2D eigenvalue weighted by Crippen LogP contribution is -2.58. The lowest BCUT2D eigenvalue weighted by atomic mass is 9.93. The van der Waals surface area contributed by atoms with Gasteiger partial charge in [-0.1, -0.05) is 6.92 Å². The fourth-order valence-electron chi connectivity index (χ4n) is 2.31. The van der Waals surface area contributed by atoms with Crippen molar-refractivity contribution < 1.29 is 14.4 Å². The summed E-state index contributed by atoms with van der Waals surface area (Å²) in [6, 6.07) is -0.252. The number of nitrogens with zero attached hydrogens (tertiary/aromatic N) is 1. The first-order chi connectivity index (χ1) is 8.06. The highest BCUT2D eigenvalue weighted by Gasteiger charge is 2.32. The lowest BCUT2D eigenvalue weighted by Gasteiger charge is -2.33. The standard InChI is InChI=1S/C11H17N3O3/c1-7-2-3-12-8(4-7)11(17)14-5-9(15)13-10(16)6-14/h7-8,12H,2-6H2,1H3,(H,13,15,16). The van der Waals surface area contributed by atoms with Crippen molar-refractivity contribution in [1.29, 1.82) is 0 Å². The Labute approximate surface area is 99.7 Å². The molecule has 2 N–H and O–H groups in total. The number of piperidine rings is 1. The summed E-state index contributed by atoms with van der Waals surface area (Å²) < 4.78 is 0. The zero-order valence-corrected chi connectivity index (χ0v) is 9.86. The number of piperazine rings is 1. The summed E-state index contributed by atoms with van der Waals surface area (Å²) in [6.45, 7) is 2.88. The number of hydrogen-bond acceptors (Lipinski definition) is 4. The van der Waals surface area contributed by atoms with Crippen LogP contribution in [0.4, 0.5) is 0 Å². The molecule has 0 aromatic rings. The first-order valence-electron chi connectivity index (χ1n) is 5.91. The Hall–Kier alpha value is -1.43. The maximum Gasteiger partial charge on any atom is 0.246 e. The van der Waals surface area contributed by atoms with E-state index in [1.807, 2.05) is 0 Å². The molecule has 0 bridgehead atoms. The third-order valence-electron chi connectivity index (χ3n) is 3.22. The molecule has 0 radical (unpaired) electrons. The van der Waals surface area contributed by atoms with E-state index in [1.54, 1.807) is 0 Å². The highest BCUT2D eigenvalue weighted by atomic mass is 16.2. The zero-order chi connectivity index (χ0) is 12.4. The molecular formula is C11H17N3O3. The molecule has 94 valence electrons. The molecular weight excluding hydrogens is 222 g/mol. The first kappa shape index (κ1) is 12.0. The summed E-state index contributed by atoms with van der Waals surface area (Å²) in [5, 5.41) is 5.33. The van der Waals surface area contributed by atoms with Gasteiger partial charge < -0.3 is 10.2 Å². The Bertz CT molecular complexity index is 340. The summed E-state index contributed by atoms with van der Waals surface area (Å²) in [4.78, 5) is 35.8. The third-order valence-corrected chi connectivity index (χ3v) is 3.22. The van der Waals surface area contributed by atoms with Gasteiger partial charge in [0.2, 0.25) is 17.7 Å². The Morgan fingerprint density at radius 1 is 1.29 bits per heavy atom. The van der Waals surface area contributed by atoms with E-state index in [0.717, 1.165) is 19.4 Å². The van der Waals surface area contributed by atoms with Crippen molar-refractivity contribution in [2.75, 3.05) is 19.6 Å². The van der Waals surface area contributed by atoms with Crippen LogP contribution in [0.5, 0.6) is 0 Å². The minimum atomic E-state index is -0.404. The van der Waals surface area contributed by atoms with Crippen molar-refractivity contribution in [2.24, 2.45) is 5.92 Å². The quantitative estimate of drug-likeness (QED) is 0.567. The Kier molecular flexibility index (Phi) is 3.42. The van der Waals surface area contributed by atoms with Crippen molar-refractivity contribution in [2.45, 2.75) is 25.8 Å². The van der Waals surface area contributed by atoms with E-state index < -0.39 is 11.8 Å². The fourth-order valence-corrected chi connectivity index (χ4v) is 2.31. The number of imide groups is 1. The molecule has 0 aromatic heterocycles. The van der Waals surface area contributed by atoms with Crippen molar-refractivity contribution in [3.05, 3.63) is 0 Å². The Morgan fingerprint density at radius 3 is 2.53 bits per heavy atom. The molecule has 3 amide bonds. The van der Waals surface area contributed by atoms with Gasteiger partial charge in [0.25, 0.3) is 0 Å². The van der Waals surface area contributed by atoms with E-state index in [0.29, 0.717) is 5.92 Å². The molecule has 0 spiro atoms. The van der Waals surface area contributed by atoms with Crippen LogP contribution in [-0.4, -0.2) is 48.3 Å². The molecule has 2 aliphatic rings. The van der Waals surface area contributed by atoms with Crippen molar-refractivity contribution >= 4 is 17.7 Å². The molecule has 0 aliphatic carbocycles. The molecule has 0 saturated carbocycles. The largest absolute Gasteiger partial charge is 0.323 e. The minimum Gasteiger partial charge on any atom is -0.323 e. The van der Waals surface area contributed by atoms with Gasteiger partial charge in [0.05, 0.1) is 6.04 Å². The maximum atomic E-state index is 12.1. The van der Waals surface area contributed by atoms with Gasteiger partial charge >= 0.3 is 0 Å². The molecule has 6 heteroatoms. The second kappa shape index (κ2) is 4.83. The van der Waals surface area contributed by atoms with Crippen LogP contribution in [0.3, 0.4) is 0 Å². The van der Waals surface area contributed by atoms with E-state index >= 15 is 0 Å². The van der Waals surface area contributed by atoms with Crippen LogP contribution in [-0.2, 0) is 14.4 Å². The molecule has 2 fully saturated rings. The van der Waals surface area contributed by atoms with Crippen LogP contribution < -0.4 is 10.6 Å². The third kappa shape index (κ3) is 2.82. The molecule has 2 rings (SSSR count).